The Hall–Kier alpha value is -2.25. The third kappa shape index (κ3) is 3.32. The summed E-state index contributed by atoms with van der Waals surface area (Å²) in [6.45, 7) is 2.46. The summed E-state index contributed by atoms with van der Waals surface area (Å²) in [6.07, 6.45) is 2.57. The zero-order chi connectivity index (χ0) is 17.1. The van der Waals surface area contributed by atoms with Crippen LogP contribution in [0, 0.1) is 5.82 Å². The molecule has 1 amide bonds. The Morgan fingerprint density at radius 2 is 2.33 bits per heavy atom. The first-order chi connectivity index (χ1) is 11.6. The number of hydrogen-bond donors (Lipinski definition) is 1. The van der Waals surface area contributed by atoms with Crippen molar-refractivity contribution in [2.75, 3.05) is 13.7 Å². The summed E-state index contributed by atoms with van der Waals surface area (Å²) in [7, 11) is 1.63. The van der Waals surface area contributed by atoms with Gasteiger partial charge in [-0.05, 0) is 18.6 Å². The lowest BCUT2D eigenvalue weighted by Crippen LogP contribution is -2.33. The number of fused-ring (bicyclic) bond motifs is 1. The van der Waals surface area contributed by atoms with Crippen LogP contribution in [0.4, 0.5) is 4.39 Å². The molecular formula is C17H18FN3O2S. The van der Waals surface area contributed by atoms with Gasteiger partial charge in [-0.2, -0.15) is 0 Å². The zero-order valence-corrected chi connectivity index (χ0v) is 14.3. The van der Waals surface area contributed by atoms with Crippen LogP contribution in [-0.4, -0.2) is 35.1 Å². The number of carbonyl (C=O) groups is 1. The van der Waals surface area contributed by atoms with E-state index in [0.717, 1.165) is 6.42 Å². The molecule has 3 aromatic rings. The maximum atomic E-state index is 13.4. The Balaban J connectivity index is 1.84. The van der Waals surface area contributed by atoms with Gasteiger partial charge in [0.1, 0.15) is 11.5 Å². The molecule has 7 heteroatoms. The van der Waals surface area contributed by atoms with E-state index < -0.39 is 0 Å². The predicted molar refractivity (Wildman–Crippen MR) is 91.9 cm³/mol. The van der Waals surface area contributed by atoms with Crippen LogP contribution in [0.25, 0.3) is 16.2 Å². The van der Waals surface area contributed by atoms with Gasteiger partial charge in [0.2, 0.25) is 0 Å². The molecule has 0 saturated carbocycles. The van der Waals surface area contributed by atoms with Crippen molar-refractivity contribution < 1.29 is 13.9 Å². The summed E-state index contributed by atoms with van der Waals surface area (Å²) in [5, 5.41) is 4.64. The minimum atomic E-state index is -0.313. The fourth-order valence-corrected chi connectivity index (χ4v) is 3.28. The quantitative estimate of drug-likeness (QED) is 0.744. The summed E-state index contributed by atoms with van der Waals surface area (Å²) in [5.74, 6) is -0.494. The fourth-order valence-electron chi connectivity index (χ4n) is 2.43. The number of ether oxygens (including phenoxy) is 1. The molecule has 0 aliphatic rings. The van der Waals surface area contributed by atoms with E-state index in [2.05, 4.69) is 10.3 Å². The average molecular weight is 347 g/mol. The summed E-state index contributed by atoms with van der Waals surface area (Å²) >= 11 is 1.37. The van der Waals surface area contributed by atoms with Crippen LogP contribution in [-0.2, 0) is 4.74 Å². The minimum Gasteiger partial charge on any atom is -0.380 e. The standard InChI is InChI=1S/C17H18FN3O2S/c1-3-13(23-2)8-19-16(22)15-10-24-17-20-14(9-21(15)17)11-5-4-6-12(18)7-11/h4-7,9-10,13H,3,8H2,1-2H3,(H,19,22). The Bertz CT molecular complexity index is 855. The van der Waals surface area contributed by atoms with Crippen molar-refractivity contribution in [3.05, 3.63) is 47.4 Å². The highest BCUT2D eigenvalue weighted by Crippen LogP contribution is 2.24. The van der Waals surface area contributed by atoms with Gasteiger partial charge in [-0.3, -0.25) is 9.20 Å². The summed E-state index contributed by atoms with van der Waals surface area (Å²) in [6, 6.07) is 6.25. The highest BCUT2D eigenvalue weighted by Gasteiger charge is 2.16. The molecule has 1 N–H and O–H groups in total. The molecule has 0 radical (unpaired) electrons. The van der Waals surface area contributed by atoms with E-state index in [1.807, 2.05) is 6.92 Å². The molecule has 0 bridgehead atoms. The van der Waals surface area contributed by atoms with Crippen LogP contribution in [0.1, 0.15) is 23.8 Å². The highest BCUT2D eigenvalue weighted by molar-refractivity contribution is 7.15. The van der Waals surface area contributed by atoms with E-state index in [1.165, 1.54) is 23.5 Å². The van der Waals surface area contributed by atoms with Crippen LogP contribution in [0.15, 0.2) is 35.8 Å². The van der Waals surface area contributed by atoms with E-state index in [4.69, 9.17) is 4.74 Å². The number of rotatable bonds is 6. The van der Waals surface area contributed by atoms with E-state index >= 15 is 0 Å². The van der Waals surface area contributed by atoms with Gasteiger partial charge < -0.3 is 10.1 Å². The van der Waals surface area contributed by atoms with E-state index in [-0.39, 0.29) is 17.8 Å². The molecule has 1 atom stereocenters. The van der Waals surface area contributed by atoms with Gasteiger partial charge in [-0.1, -0.05) is 19.1 Å². The molecule has 24 heavy (non-hydrogen) atoms. The van der Waals surface area contributed by atoms with Gasteiger partial charge in [0.25, 0.3) is 5.91 Å². The summed E-state index contributed by atoms with van der Waals surface area (Å²) in [4.78, 5) is 17.5. The molecule has 0 aliphatic heterocycles. The van der Waals surface area contributed by atoms with Gasteiger partial charge in [-0.15, -0.1) is 11.3 Å². The first kappa shape index (κ1) is 16.6. The molecule has 1 unspecified atom stereocenters. The number of nitrogens with zero attached hydrogens (tertiary/aromatic N) is 2. The molecule has 0 saturated heterocycles. The third-order valence-corrected chi connectivity index (χ3v) is 4.68. The zero-order valence-electron chi connectivity index (χ0n) is 13.5. The van der Waals surface area contributed by atoms with E-state index in [1.54, 1.807) is 35.2 Å². The van der Waals surface area contributed by atoms with Crippen LogP contribution in [0.5, 0.6) is 0 Å². The van der Waals surface area contributed by atoms with Crippen LogP contribution >= 0.6 is 11.3 Å². The number of benzene rings is 1. The number of imidazole rings is 1. The molecule has 1 aromatic carbocycles. The van der Waals surface area contributed by atoms with Gasteiger partial charge in [0.05, 0.1) is 11.8 Å². The number of amides is 1. The van der Waals surface area contributed by atoms with E-state index in [0.29, 0.717) is 28.5 Å². The number of halogens is 1. The number of nitrogens with one attached hydrogen (secondary N) is 1. The third-order valence-electron chi connectivity index (χ3n) is 3.84. The maximum Gasteiger partial charge on any atom is 0.269 e. The Morgan fingerprint density at radius 3 is 3.04 bits per heavy atom. The number of thiazole rings is 1. The average Bonchev–Trinajstić information content (AvgIpc) is 3.16. The second-order valence-corrected chi connectivity index (χ2v) is 6.22. The second-order valence-electron chi connectivity index (χ2n) is 5.39. The molecular weight excluding hydrogens is 329 g/mol. The summed E-state index contributed by atoms with van der Waals surface area (Å²) in [5.41, 5.74) is 1.83. The Morgan fingerprint density at radius 1 is 1.50 bits per heavy atom. The lowest BCUT2D eigenvalue weighted by atomic mass is 10.2. The van der Waals surface area contributed by atoms with Crippen molar-refractivity contribution in [1.82, 2.24) is 14.7 Å². The molecule has 126 valence electrons. The minimum absolute atomic E-state index is 0.00582. The van der Waals surface area contributed by atoms with Crippen molar-refractivity contribution in [3.63, 3.8) is 0 Å². The molecule has 0 spiro atoms. The molecule has 0 fully saturated rings. The van der Waals surface area contributed by atoms with Crippen molar-refractivity contribution >= 4 is 22.2 Å². The molecule has 5 nitrogen and oxygen atoms in total. The van der Waals surface area contributed by atoms with Gasteiger partial charge >= 0.3 is 0 Å². The fraction of sp³-hybridized carbons (Fsp3) is 0.294. The van der Waals surface area contributed by atoms with Crippen molar-refractivity contribution in [1.29, 1.82) is 0 Å². The normalized spacial score (nSPS) is 12.5. The monoisotopic (exact) mass is 347 g/mol. The number of aromatic nitrogens is 2. The van der Waals surface area contributed by atoms with Crippen molar-refractivity contribution in [2.24, 2.45) is 0 Å². The lowest BCUT2D eigenvalue weighted by molar-refractivity contribution is 0.0812. The van der Waals surface area contributed by atoms with Crippen LogP contribution < -0.4 is 5.32 Å². The second kappa shape index (κ2) is 7.11. The predicted octanol–water partition coefficient (Wildman–Crippen LogP) is 3.36. The number of hydrogen-bond acceptors (Lipinski definition) is 4. The summed E-state index contributed by atoms with van der Waals surface area (Å²) < 4.78 is 20.4. The molecule has 3 rings (SSSR count). The van der Waals surface area contributed by atoms with Crippen molar-refractivity contribution in [3.8, 4) is 11.3 Å². The number of methoxy groups -OCH3 is 1. The van der Waals surface area contributed by atoms with Gasteiger partial charge in [0.15, 0.2) is 4.96 Å². The SMILES string of the molecule is CCC(CNC(=O)c1csc2nc(-c3cccc(F)c3)cn12)OC. The van der Waals surface area contributed by atoms with Gasteiger partial charge in [-0.25, -0.2) is 9.37 Å². The molecule has 0 aliphatic carbocycles. The number of carbonyl (C=O) groups excluding carboxylic acids is 1. The Labute approximate surface area is 143 Å². The highest BCUT2D eigenvalue weighted by atomic mass is 32.1. The Kier molecular flexibility index (Phi) is 4.92. The van der Waals surface area contributed by atoms with E-state index in [9.17, 15) is 9.18 Å². The van der Waals surface area contributed by atoms with Crippen molar-refractivity contribution in [2.45, 2.75) is 19.4 Å². The smallest absolute Gasteiger partial charge is 0.269 e. The van der Waals surface area contributed by atoms with Crippen LogP contribution in [0.2, 0.25) is 0 Å². The topological polar surface area (TPSA) is 55.6 Å². The largest absolute Gasteiger partial charge is 0.380 e. The lowest BCUT2D eigenvalue weighted by Gasteiger charge is -2.13. The maximum absolute atomic E-state index is 13.4. The van der Waals surface area contributed by atoms with Gasteiger partial charge in [0, 0.05) is 30.8 Å². The van der Waals surface area contributed by atoms with Crippen LogP contribution in [0.3, 0.4) is 0 Å². The molecule has 2 aromatic heterocycles. The molecule has 2 heterocycles. The first-order valence-electron chi connectivity index (χ1n) is 7.66. The first-order valence-corrected chi connectivity index (χ1v) is 8.54.